The number of nitrogens with zero attached hydrogens (tertiary/aromatic N) is 2. The van der Waals surface area contributed by atoms with Crippen molar-refractivity contribution < 1.29 is 15.0 Å². The molecule has 1 radical (unpaired) electrons. The molecule has 0 amide bonds. The van der Waals surface area contributed by atoms with E-state index in [1.54, 1.807) is 0 Å². The van der Waals surface area contributed by atoms with E-state index in [0.29, 0.717) is 12.2 Å². The van der Waals surface area contributed by atoms with Gasteiger partial charge in [0.05, 0.1) is 16.5 Å². The first-order chi connectivity index (χ1) is 9.57. The van der Waals surface area contributed by atoms with Gasteiger partial charge >= 0.3 is 0 Å². The monoisotopic (exact) mass is 299 g/mol. The van der Waals surface area contributed by atoms with Crippen molar-refractivity contribution in [2.75, 3.05) is 12.4 Å². The molecule has 7 nitrogen and oxygen atoms in total. The molecule has 20 heavy (non-hydrogen) atoms. The summed E-state index contributed by atoms with van der Waals surface area (Å²) in [4.78, 5) is 20.7. The number of hydrogen-bond donors (Lipinski definition) is 0. The summed E-state index contributed by atoms with van der Waals surface area (Å²) in [6.45, 7) is -0.0945. The molecule has 0 saturated carbocycles. The van der Waals surface area contributed by atoms with Crippen LogP contribution in [0.15, 0.2) is 23.1 Å². The van der Waals surface area contributed by atoms with Gasteiger partial charge in [-0.2, -0.15) is 0 Å². The highest BCUT2D eigenvalue weighted by molar-refractivity contribution is 7.99. The standard InChI is InChI=1S/C12H15N2O5S/c15-8-3-1-2-4-9-20-12-10(13(16)17)6-5-7-11(12)14(18)19/h5-7H,1-4,8-9H2. The molecule has 0 aliphatic rings. The van der Waals surface area contributed by atoms with Crippen LogP contribution in [0.25, 0.3) is 0 Å². The van der Waals surface area contributed by atoms with E-state index in [4.69, 9.17) is 0 Å². The number of hydrogen-bond acceptors (Lipinski definition) is 5. The fourth-order valence-electron chi connectivity index (χ4n) is 1.68. The molecule has 0 unspecified atom stereocenters. The highest BCUT2D eigenvalue weighted by Gasteiger charge is 2.24. The van der Waals surface area contributed by atoms with Gasteiger partial charge in [-0.05, 0) is 24.7 Å². The van der Waals surface area contributed by atoms with Gasteiger partial charge in [0.1, 0.15) is 0 Å². The summed E-state index contributed by atoms with van der Waals surface area (Å²) >= 11 is 1.13. The zero-order chi connectivity index (χ0) is 15.0. The number of thioether (sulfide) groups is 1. The molecule has 0 fully saturated rings. The minimum atomic E-state index is -0.604. The summed E-state index contributed by atoms with van der Waals surface area (Å²) in [5.74, 6) is 0.560. The molecule has 0 aliphatic carbocycles. The first-order valence-corrected chi connectivity index (χ1v) is 7.19. The third-order valence-corrected chi connectivity index (χ3v) is 3.85. The summed E-state index contributed by atoms with van der Waals surface area (Å²) in [6, 6.07) is 3.86. The minimum absolute atomic E-state index is 0.0945. The highest BCUT2D eigenvalue weighted by atomic mass is 32.2. The predicted octanol–water partition coefficient (Wildman–Crippen LogP) is 3.59. The number of nitro benzene ring substituents is 2. The van der Waals surface area contributed by atoms with Gasteiger partial charge in [-0.25, -0.2) is 5.11 Å². The van der Waals surface area contributed by atoms with Gasteiger partial charge in [0.15, 0.2) is 4.90 Å². The Morgan fingerprint density at radius 1 is 0.950 bits per heavy atom. The van der Waals surface area contributed by atoms with E-state index >= 15 is 0 Å². The predicted molar refractivity (Wildman–Crippen MR) is 74.5 cm³/mol. The van der Waals surface area contributed by atoms with E-state index in [9.17, 15) is 25.3 Å². The SMILES string of the molecule is [O]CCCCCCSc1c([N+](=O)[O-])cccc1[N+](=O)[O-]. The first-order valence-electron chi connectivity index (χ1n) is 6.20. The summed E-state index contributed by atoms with van der Waals surface area (Å²) in [5.41, 5.74) is -0.465. The Hall–Kier alpha value is -1.67. The van der Waals surface area contributed by atoms with E-state index in [1.165, 1.54) is 18.2 Å². The molecule has 0 N–H and O–H groups in total. The Morgan fingerprint density at radius 2 is 1.50 bits per heavy atom. The molecule has 1 aromatic rings. The van der Waals surface area contributed by atoms with E-state index in [2.05, 4.69) is 0 Å². The smallest absolute Gasteiger partial charge is 0.258 e. The second-order valence-corrected chi connectivity index (χ2v) is 5.21. The zero-order valence-electron chi connectivity index (χ0n) is 10.8. The summed E-state index contributed by atoms with van der Waals surface area (Å²) in [5, 5.41) is 32.1. The quantitative estimate of drug-likeness (QED) is 0.300. The van der Waals surface area contributed by atoms with Crippen molar-refractivity contribution in [1.82, 2.24) is 0 Å². The van der Waals surface area contributed by atoms with Crippen LogP contribution in [-0.4, -0.2) is 22.2 Å². The maximum atomic E-state index is 10.9. The summed E-state index contributed by atoms with van der Waals surface area (Å²) < 4.78 is 0. The lowest BCUT2D eigenvalue weighted by molar-refractivity contribution is -0.399. The van der Waals surface area contributed by atoms with Crippen LogP contribution < -0.4 is 0 Å². The fraction of sp³-hybridized carbons (Fsp3) is 0.500. The molecular formula is C12H15N2O5S. The van der Waals surface area contributed by atoms with Crippen LogP contribution in [-0.2, 0) is 5.11 Å². The Balaban J connectivity index is 2.71. The Labute approximate surface area is 120 Å². The Kier molecular flexibility index (Phi) is 6.96. The van der Waals surface area contributed by atoms with Crippen molar-refractivity contribution in [3.05, 3.63) is 38.4 Å². The second kappa shape index (κ2) is 8.49. The van der Waals surface area contributed by atoms with Crippen molar-refractivity contribution in [3.8, 4) is 0 Å². The molecule has 0 aliphatic heterocycles. The molecular weight excluding hydrogens is 284 g/mol. The van der Waals surface area contributed by atoms with Gasteiger partial charge < -0.3 is 0 Å². The normalized spacial score (nSPS) is 10.4. The van der Waals surface area contributed by atoms with Crippen LogP contribution in [0.5, 0.6) is 0 Å². The average molecular weight is 299 g/mol. The Bertz CT molecular complexity index is 449. The molecule has 1 aromatic carbocycles. The average Bonchev–Trinajstić information content (AvgIpc) is 2.42. The summed E-state index contributed by atoms with van der Waals surface area (Å²) in [6.07, 6.45) is 3.07. The van der Waals surface area contributed by atoms with E-state index in [1.807, 2.05) is 0 Å². The minimum Gasteiger partial charge on any atom is -0.258 e. The van der Waals surface area contributed by atoms with Crippen LogP contribution in [0, 0.1) is 20.2 Å². The fourth-order valence-corrected chi connectivity index (χ4v) is 2.81. The van der Waals surface area contributed by atoms with Crippen LogP contribution in [0.1, 0.15) is 25.7 Å². The van der Waals surface area contributed by atoms with Gasteiger partial charge in [-0.1, -0.05) is 12.8 Å². The number of rotatable bonds is 9. The topological polar surface area (TPSA) is 106 Å². The van der Waals surface area contributed by atoms with Crippen LogP contribution in [0.3, 0.4) is 0 Å². The van der Waals surface area contributed by atoms with Gasteiger partial charge in [0.2, 0.25) is 0 Å². The molecule has 1 rings (SSSR count). The van der Waals surface area contributed by atoms with Gasteiger partial charge in [0.25, 0.3) is 11.4 Å². The highest BCUT2D eigenvalue weighted by Crippen LogP contribution is 2.37. The first kappa shape index (κ1) is 16.4. The maximum Gasteiger partial charge on any atom is 0.289 e. The molecule has 0 bridgehead atoms. The van der Waals surface area contributed by atoms with Crippen molar-refractivity contribution in [1.29, 1.82) is 0 Å². The number of benzene rings is 1. The summed E-state index contributed by atoms with van der Waals surface area (Å²) in [7, 11) is 0. The van der Waals surface area contributed by atoms with Crippen LogP contribution in [0.4, 0.5) is 11.4 Å². The third kappa shape index (κ3) is 4.78. The van der Waals surface area contributed by atoms with Gasteiger partial charge in [-0.15, -0.1) is 11.8 Å². The lowest BCUT2D eigenvalue weighted by atomic mass is 10.2. The van der Waals surface area contributed by atoms with Crippen molar-refractivity contribution in [3.63, 3.8) is 0 Å². The van der Waals surface area contributed by atoms with E-state index < -0.39 is 9.85 Å². The largest absolute Gasteiger partial charge is 0.289 e. The molecule has 0 aromatic heterocycles. The van der Waals surface area contributed by atoms with Crippen LogP contribution >= 0.6 is 11.8 Å². The lowest BCUT2D eigenvalue weighted by Gasteiger charge is -2.04. The molecule has 0 heterocycles. The molecule has 0 atom stereocenters. The second-order valence-electron chi connectivity index (χ2n) is 4.11. The Morgan fingerprint density at radius 3 is 2.00 bits per heavy atom. The molecule has 109 valence electrons. The molecule has 8 heteroatoms. The lowest BCUT2D eigenvalue weighted by Crippen LogP contribution is -1.97. The molecule has 0 saturated heterocycles. The number of nitro groups is 2. The molecule has 0 spiro atoms. The van der Waals surface area contributed by atoms with Gasteiger partial charge in [0, 0.05) is 12.1 Å². The zero-order valence-corrected chi connectivity index (χ0v) is 11.6. The van der Waals surface area contributed by atoms with Crippen molar-refractivity contribution >= 4 is 23.1 Å². The van der Waals surface area contributed by atoms with Gasteiger partial charge in [-0.3, -0.25) is 20.2 Å². The van der Waals surface area contributed by atoms with Crippen molar-refractivity contribution in [2.45, 2.75) is 30.6 Å². The number of unbranched alkanes of at least 4 members (excludes halogenated alkanes) is 3. The van der Waals surface area contributed by atoms with E-state index in [0.717, 1.165) is 31.0 Å². The van der Waals surface area contributed by atoms with Crippen molar-refractivity contribution in [2.24, 2.45) is 0 Å². The van der Waals surface area contributed by atoms with Crippen LogP contribution in [0.2, 0.25) is 0 Å². The van der Waals surface area contributed by atoms with E-state index in [-0.39, 0.29) is 22.9 Å². The third-order valence-electron chi connectivity index (χ3n) is 2.65. The maximum absolute atomic E-state index is 10.9.